The number of rotatable bonds is 3. The van der Waals surface area contributed by atoms with E-state index in [0.29, 0.717) is 10.8 Å². The predicted octanol–water partition coefficient (Wildman–Crippen LogP) is 2.56. The highest BCUT2D eigenvalue weighted by molar-refractivity contribution is 6.32. The van der Waals surface area contributed by atoms with Gasteiger partial charge in [-0.15, -0.1) is 0 Å². The number of benzene rings is 1. The molecule has 150 valence electrons. The van der Waals surface area contributed by atoms with E-state index in [2.05, 4.69) is 4.98 Å². The van der Waals surface area contributed by atoms with Gasteiger partial charge in [-0.2, -0.15) is 4.98 Å². The Morgan fingerprint density at radius 2 is 1.79 bits per heavy atom. The third-order valence-electron chi connectivity index (χ3n) is 5.54. The van der Waals surface area contributed by atoms with Gasteiger partial charge in [-0.05, 0) is 39.8 Å². The molecule has 29 heavy (non-hydrogen) atoms. The Balaban J connectivity index is 2.23. The van der Waals surface area contributed by atoms with Crippen LogP contribution in [0.3, 0.4) is 0 Å². The van der Waals surface area contributed by atoms with E-state index in [1.807, 2.05) is 36.6 Å². The van der Waals surface area contributed by atoms with E-state index in [4.69, 9.17) is 11.6 Å². The standard InChI is InChI=1S/C20H20ClN5O3/c1-10-11(2)25-16-17(22-19(25)24(10)15-9-7-6-8-14(15)21)23(5)20(29)26(18(16)28)12(3)13(4)27/h6-9,12H,1-5H3/t12-/m0/s1. The molecule has 0 saturated heterocycles. The summed E-state index contributed by atoms with van der Waals surface area (Å²) in [5.74, 6) is 0.203. The van der Waals surface area contributed by atoms with Gasteiger partial charge in [0.15, 0.2) is 16.9 Å². The van der Waals surface area contributed by atoms with Crippen molar-refractivity contribution >= 4 is 34.3 Å². The van der Waals surface area contributed by atoms with E-state index in [1.165, 1.54) is 11.5 Å². The van der Waals surface area contributed by atoms with Crippen LogP contribution in [-0.2, 0) is 11.8 Å². The summed E-state index contributed by atoms with van der Waals surface area (Å²) < 4.78 is 5.87. The molecule has 0 aliphatic heterocycles. The van der Waals surface area contributed by atoms with Gasteiger partial charge in [0, 0.05) is 18.4 Å². The Morgan fingerprint density at radius 3 is 2.41 bits per heavy atom. The van der Waals surface area contributed by atoms with Crippen LogP contribution in [-0.4, -0.2) is 28.9 Å². The van der Waals surface area contributed by atoms with Crippen molar-refractivity contribution in [3.05, 3.63) is 61.5 Å². The van der Waals surface area contributed by atoms with Crippen molar-refractivity contribution in [3.63, 3.8) is 0 Å². The van der Waals surface area contributed by atoms with Crippen molar-refractivity contribution in [2.24, 2.45) is 7.05 Å². The van der Waals surface area contributed by atoms with Crippen LogP contribution >= 0.6 is 11.6 Å². The minimum absolute atomic E-state index is 0.251. The lowest BCUT2D eigenvalue weighted by molar-refractivity contribution is -0.119. The molecule has 0 N–H and O–H groups in total. The fraction of sp³-hybridized carbons (Fsp3) is 0.300. The van der Waals surface area contributed by atoms with E-state index in [-0.39, 0.29) is 16.9 Å². The summed E-state index contributed by atoms with van der Waals surface area (Å²) in [7, 11) is 1.54. The highest BCUT2D eigenvalue weighted by Crippen LogP contribution is 2.28. The highest BCUT2D eigenvalue weighted by atomic mass is 35.5. The number of para-hydroxylation sites is 1. The molecule has 0 radical (unpaired) electrons. The maximum Gasteiger partial charge on any atom is 0.333 e. The van der Waals surface area contributed by atoms with E-state index in [9.17, 15) is 14.4 Å². The smallest absolute Gasteiger partial charge is 0.298 e. The fourth-order valence-electron chi connectivity index (χ4n) is 3.66. The van der Waals surface area contributed by atoms with Gasteiger partial charge in [0.1, 0.15) is 0 Å². The first kappa shape index (κ1) is 19.2. The average molecular weight is 414 g/mol. The van der Waals surface area contributed by atoms with Crippen LogP contribution in [0, 0.1) is 13.8 Å². The number of aromatic nitrogens is 5. The molecule has 0 aliphatic carbocycles. The molecule has 0 fully saturated rings. The zero-order chi connectivity index (χ0) is 21.2. The molecular formula is C20H20ClN5O3. The number of Topliss-reactive ketones (excluding diaryl/α,β-unsaturated/α-hetero) is 1. The Morgan fingerprint density at radius 1 is 1.14 bits per heavy atom. The van der Waals surface area contributed by atoms with E-state index >= 15 is 0 Å². The lowest BCUT2D eigenvalue weighted by atomic mass is 10.2. The number of carbonyl (C=O) groups is 1. The molecule has 0 spiro atoms. The first-order chi connectivity index (χ1) is 13.7. The zero-order valence-electron chi connectivity index (χ0n) is 16.7. The molecule has 4 rings (SSSR count). The van der Waals surface area contributed by atoms with Crippen molar-refractivity contribution in [3.8, 4) is 5.69 Å². The summed E-state index contributed by atoms with van der Waals surface area (Å²) in [6, 6.07) is 6.48. The van der Waals surface area contributed by atoms with Crippen molar-refractivity contribution in [2.75, 3.05) is 0 Å². The normalized spacial score (nSPS) is 12.8. The number of halogens is 1. The summed E-state index contributed by atoms with van der Waals surface area (Å²) in [6.45, 7) is 6.69. The largest absolute Gasteiger partial charge is 0.333 e. The minimum Gasteiger partial charge on any atom is -0.298 e. The van der Waals surface area contributed by atoms with Gasteiger partial charge < -0.3 is 0 Å². The van der Waals surface area contributed by atoms with Gasteiger partial charge >= 0.3 is 5.69 Å². The van der Waals surface area contributed by atoms with Gasteiger partial charge in [-0.25, -0.2) is 9.36 Å². The van der Waals surface area contributed by atoms with Gasteiger partial charge in [-0.1, -0.05) is 23.7 Å². The minimum atomic E-state index is -0.872. The van der Waals surface area contributed by atoms with E-state index < -0.39 is 17.3 Å². The second-order valence-electron chi connectivity index (χ2n) is 7.18. The molecule has 4 aromatic rings. The maximum atomic E-state index is 13.3. The first-order valence-electron chi connectivity index (χ1n) is 9.13. The molecule has 8 nitrogen and oxygen atoms in total. The van der Waals surface area contributed by atoms with Crippen molar-refractivity contribution in [1.29, 1.82) is 0 Å². The summed E-state index contributed by atoms with van der Waals surface area (Å²) in [5, 5.41) is 0.539. The predicted molar refractivity (Wildman–Crippen MR) is 111 cm³/mol. The summed E-state index contributed by atoms with van der Waals surface area (Å²) in [5.41, 5.74) is 1.76. The number of fused-ring (bicyclic) bond motifs is 3. The molecular weight excluding hydrogens is 394 g/mol. The second-order valence-corrected chi connectivity index (χ2v) is 7.59. The Hall–Kier alpha value is -3.13. The molecule has 0 bridgehead atoms. The number of ketones is 1. The zero-order valence-corrected chi connectivity index (χ0v) is 17.5. The third kappa shape index (κ3) is 2.52. The summed E-state index contributed by atoms with van der Waals surface area (Å²) >= 11 is 6.41. The highest BCUT2D eigenvalue weighted by Gasteiger charge is 2.26. The van der Waals surface area contributed by atoms with Gasteiger partial charge in [0.2, 0.25) is 5.78 Å². The van der Waals surface area contributed by atoms with Crippen LogP contribution in [0.5, 0.6) is 0 Å². The van der Waals surface area contributed by atoms with Crippen molar-refractivity contribution in [2.45, 2.75) is 33.7 Å². The molecule has 0 unspecified atom stereocenters. The quantitative estimate of drug-likeness (QED) is 0.516. The molecule has 3 aromatic heterocycles. The third-order valence-corrected chi connectivity index (χ3v) is 5.86. The molecule has 0 saturated carbocycles. The number of imidazole rings is 2. The Labute approximate surface area is 170 Å². The molecule has 0 aliphatic rings. The van der Waals surface area contributed by atoms with Gasteiger partial charge in [-0.3, -0.25) is 23.1 Å². The second kappa shape index (κ2) is 6.45. The SMILES string of the molecule is CC(=O)[C@H](C)n1c(=O)c2c(nc3n(-c4ccccc4Cl)c(C)c(C)n23)n(C)c1=O. The summed E-state index contributed by atoms with van der Waals surface area (Å²) in [4.78, 5) is 42.6. The van der Waals surface area contributed by atoms with Crippen molar-refractivity contribution in [1.82, 2.24) is 23.1 Å². The Bertz CT molecular complexity index is 1440. The summed E-state index contributed by atoms with van der Waals surface area (Å²) in [6.07, 6.45) is 0. The van der Waals surface area contributed by atoms with Gasteiger partial charge in [0.25, 0.3) is 5.56 Å². The molecule has 9 heteroatoms. The van der Waals surface area contributed by atoms with Crippen LogP contribution in [0.4, 0.5) is 0 Å². The molecule has 1 atom stereocenters. The number of hydrogen-bond acceptors (Lipinski definition) is 4. The lowest BCUT2D eigenvalue weighted by Crippen LogP contribution is -2.42. The van der Waals surface area contributed by atoms with Crippen LogP contribution in [0.25, 0.3) is 22.6 Å². The van der Waals surface area contributed by atoms with E-state index in [1.54, 1.807) is 24.4 Å². The average Bonchev–Trinajstić information content (AvgIpc) is 3.17. The lowest BCUT2D eigenvalue weighted by Gasteiger charge is -2.12. The van der Waals surface area contributed by atoms with Crippen LogP contribution in [0.2, 0.25) is 5.02 Å². The monoisotopic (exact) mass is 413 g/mol. The van der Waals surface area contributed by atoms with Gasteiger partial charge in [0.05, 0.1) is 16.8 Å². The van der Waals surface area contributed by atoms with E-state index in [0.717, 1.165) is 21.6 Å². The number of nitrogens with zero attached hydrogens (tertiary/aromatic N) is 5. The van der Waals surface area contributed by atoms with Crippen LogP contribution < -0.4 is 11.2 Å². The van der Waals surface area contributed by atoms with Crippen LogP contribution in [0.1, 0.15) is 31.3 Å². The topological polar surface area (TPSA) is 83.3 Å². The number of carbonyl (C=O) groups excluding carboxylic acids is 1. The molecule has 1 aromatic carbocycles. The molecule has 3 heterocycles. The molecule has 0 amide bonds. The van der Waals surface area contributed by atoms with Crippen molar-refractivity contribution < 1.29 is 4.79 Å². The number of aryl methyl sites for hydroxylation is 2. The fourth-order valence-corrected chi connectivity index (χ4v) is 3.88. The maximum absolute atomic E-state index is 13.3. The number of hydrogen-bond donors (Lipinski definition) is 0. The van der Waals surface area contributed by atoms with Crippen LogP contribution in [0.15, 0.2) is 33.9 Å². The Kier molecular flexibility index (Phi) is 4.27. The first-order valence-corrected chi connectivity index (χ1v) is 9.51.